The third-order valence-electron chi connectivity index (χ3n) is 4.67. The zero-order valence-electron chi connectivity index (χ0n) is 16.4. The standard InChI is InChI=1S/C22H13Cl2F3N4O2/c23-13-8-15-16(10-29-20(15)28-9-13)19(32)11-2-1-3-14(6-11)30-21(33)31-18-7-12(22(25,26)27)4-5-17(18)24/h1-10H,(H,28,29)(H2,30,31,33). The minimum absolute atomic E-state index is 0.0614. The van der Waals surface area contributed by atoms with Crippen LogP contribution in [0, 0.1) is 0 Å². The van der Waals surface area contributed by atoms with Gasteiger partial charge in [0.1, 0.15) is 5.65 Å². The Hall–Kier alpha value is -3.56. The molecule has 0 spiro atoms. The quantitative estimate of drug-likeness (QED) is 0.275. The van der Waals surface area contributed by atoms with Gasteiger partial charge in [-0.05, 0) is 36.4 Å². The summed E-state index contributed by atoms with van der Waals surface area (Å²) in [5.41, 5.74) is 0.192. The number of aromatic amines is 1. The molecule has 2 aromatic heterocycles. The lowest BCUT2D eigenvalue weighted by Gasteiger charge is -2.12. The Kier molecular flexibility index (Phi) is 6.01. The summed E-state index contributed by atoms with van der Waals surface area (Å²) in [5.74, 6) is -0.338. The van der Waals surface area contributed by atoms with Gasteiger partial charge in [-0.15, -0.1) is 0 Å². The number of fused-ring (bicyclic) bond motifs is 1. The molecule has 4 aromatic rings. The predicted octanol–water partition coefficient (Wildman–Crippen LogP) is 6.76. The molecule has 0 bridgehead atoms. The highest BCUT2D eigenvalue weighted by Gasteiger charge is 2.31. The summed E-state index contributed by atoms with van der Waals surface area (Å²) in [6.07, 6.45) is -1.62. The van der Waals surface area contributed by atoms with E-state index in [1.165, 1.54) is 24.5 Å². The number of carbonyl (C=O) groups is 2. The van der Waals surface area contributed by atoms with Crippen molar-refractivity contribution in [1.82, 2.24) is 9.97 Å². The fourth-order valence-electron chi connectivity index (χ4n) is 3.14. The van der Waals surface area contributed by atoms with Gasteiger partial charge in [0.2, 0.25) is 0 Å². The molecule has 0 saturated carbocycles. The molecule has 0 aliphatic heterocycles. The minimum atomic E-state index is -4.59. The maximum absolute atomic E-state index is 13.0. The molecule has 33 heavy (non-hydrogen) atoms. The first-order valence-corrected chi connectivity index (χ1v) is 10.1. The monoisotopic (exact) mass is 492 g/mol. The number of amides is 2. The van der Waals surface area contributed by atoms with E-state index in [-0.39, 0.29) is 27.7 Å². The molecule has 0 saturated heterocycles. The molecule has 6 nitrogen and oxygen atoms in total. The van der Waals surface area contributed by atoms with Crippen molar-refractivity contribution in [2.45, 2.75) is 6.18 Å². The van der Waals surface area contributed by atoms with Gasteiger partial charge in [0.05, 0.1) is 21.3 Å². The summed E-state index contributed by atoms with van der Waals surface area (Å²) in [4.78, 5) is 32.4. The number of rotatable bonds is 4. The van der Waals surface area contributed by atoms with Crippen molar-refractivity contribution in [3.8, 4) is 0 Å². The van der Waals surface area contributed by atoms with Gasteiger partial charge in [0.25, 0.3) is 0 Å². The number of anilines is 2. The van der Waals surface area contributed by atoms with Gasteiger partial charge in [-0.3, -0.25) is 4.79 Å². The van der Waals surface area contributed by atoms with Crippen molar-refractivity contribution in [3.63, 3.8) is 0 Å². The molecule has 2 amide bonds. The van der Waals surface area contributed by atoms with Crippen LogP contribution in [0.4, 0.5) is 29.3 Å². The van der Waals surface area contributed by atoms with Gasteiger partial charge in [-0.25, -0.2) is 9.78 Å². The summed E-state index contributed by atoms with van der Waals surface area (Å²) in [6.45, 7) is 0. The second-order valence-electron chi connectivity index (χ2n) is 6.93. The molecule has 0 radical (unpaired) electrons. The summed E-state index contributed by atoms with van der Waals surface area (Å²) in [5, 5.41) is 5.62. The van der Waals surface area contributed by atoms with Crippen molar-refractivity contribution in [1.29, 1.82) is 0 Å². The fourth-order valence-corrected chi connectivity index (χ4v) is 3.46. The maximum Gasteiger partial charge on any atom is 0.416 e. The number of hydrogen-bond acceptors (Lipinski definition) is 3. The first-order valence-electron chi connectivity index (χ1n) is 9.34. The number of ketones is 1. The molecule has 3 N–H and O–H groups in total. The van der Waals surface area contributed by atoms with Crippen LogP contribution < -0.4 is 10.6 Å². The average molecular weight is 493 g/mol. The van der Waals surface area contributed by atoms with Crippen LogP contribution in [0.15, 0.2) is 60.9 Å². The van der Waals surface area contributed by atoms with Crippen LogP contribution >= 0.6 is 23.2 Å². The van der Waals surface area contributed by atoms with Crippen molar-refractivity contribution >= 4 is 57.4 Å². The number of nitrogens with one attached hydrogen (secondary N) is 3. The molecule has 0 fully saturated rings. The number of benzene rings is 2. The van der Waals surface area contributed by atoms with Crippen LogP contribution in [-0.2, 0) is 6.18 Å². The van der Waals surface area contributed by atoms with Gasteiger partial charge < -0.3 is 15.6 Å². The molecular weight excluding hydrogens is 480 g/mol. The molecule has 2 heterocycles. The molecule has 0 aliphatic rings. The Morgan fingerprint density at radius 2 is 1.79 bits per heavy atom. The predicted molar refractivity (Wildman–Crippen MR) is 120 cm³/mol. The summed E-state index contributed by atoms with van der Waals surface area (Å²) in [7, 11) is 0. The van der Waals surface area contributed by atoms with E-state index < -0.39 is 17.8 Å². The van der Waals surface area contributed by atoms with E-state index in [1.54, 1.807) is 18.2 Å². The van der Waals surface area contributed by atoms with E-state index in [4.69, 9.17) is 23.2 Å². The Morgan fingerprint density at radius 3 is 2.55 bits per heavy atom. The largest absolute Gasteiger partial charge is 0.416 e. The molecular formula is C22H13Cl2F3N4O2. The van der Waals surface area contributed by atoms with Gasteiger partial charge in [-0.1, -0.05) is 35.3 Å². The molecule has 0 aliphatic carbocycles. The Labute approximate surface area is 194 Å². The van der Waals surface area contributed by atoms with Crippen molar-refractivity contribution in [3.05, 3.63) is 87.7 Å². The van der Waals surface area contributed by atoms with E-state index in [1.807, 2.05) is 0 Å². The minimum Gasteiger partial charge on any atom is -0.345 e. The van der Waals surface area contributed by atoms with E-state index in [0.29, 0.717) is 21.6 Å². The van der Waals surface area contributed by atoms with E-state index in [2.05, 4.69) is 20.6 Å². The number of aromatic nitrogens is 2. The number of H-pyrrole nitrogens is 1. The second kappa shape index (κ2) is 8.76. The molecule has 2 aromatic carbocycles. The van der Waals surface area contributed by atoms with Gasteiger partial charge >= 0.3 is 12.2 Å². The van der Waals surface area contributed by atoms with E-state index in [0.717, 1.165) is 18.2 Å². The summed E-state index contributed by atoms with van der Waals surface area (Å²) >= 11 is 11.9. The second-order valence-corrected chi connectivity index (χ2v) is 7.78. The topological polar surface area (TPSA) is 86.9 Å². The summed E-state index contributed by atoms with van der Waals surface area (Å²) in [6, 6.07) is 9.45. The third kappa shape index (κ3) is 4.94. The summed E-state index contributed by atoms with van der Waals surface area (Å²) < 4.78 is 38.8. The first-order chi connectivity index (χ1) is 15.6. The van der Waals surface area contributed by atoms with Crippen LogP contribution in [0.3, 0.4) is 0 Å². The van der Waals surface area contributed by atoms with Crippen LogP contribution in [0.25, 0.3) is 11.0 Å². The zero-order chi connectivity index (χ0) is 23.8. The fraction of sp³-hybridized carbons (Fsp3) is 0.0455. The van der Waals surface area contributed by atoms with Crippen LogP contribution in [-0.4, -0.2) is 21.8 Å². The van der Waals surface area contributed by atoms with Crippen LogP contribution in [0.5, 0.6) is 0 Å². The van der Waals surface area contributed by atoms with Crippen LogP contribution in [0.2, 0.25) is 10.0 Å². The Morgan fingerprint density at radius 1 is 1.00 bits per heavy atom. The number of nitrogens with zero attached hydrogens (tertiary/aromatic N) is 1. The molecule has 4 rings (SSSR count). The zero-order valence-corrected chi connectivity index (χ0v) is 17.9. The number of alkyl halides is 3. The number of hydrogen-bond donors (Lipinski definition) is 3. The van der Waals surface area contributed by atoms with Crippen LogP contribution in [0.1, 0.15) is 21.5 Å². The molecule has 11 heteroatoms. The smallest absolute Gasteiger partial charge is 0.345 e. The number of carbonyl (C=O) groups excluding carboxylic acids is 2. The molecule has 168 valence electrons. The SMILES string of the molecule is O=C(Nc1cccc(C(=O)c2c[nH]c3ncc(Cl)cc23)c1)Nc1cc(C(F)(F)F)ccc1Cl. The Bertz CT molecular complexity index is 1390. The average Bonchev–Trinajstić information content (AvgIpc) is 3.17. The van der Waals surface area contributed by atoms with Gasteiger partial charge in [-0.2, -0.15) is 13.2 Å². The van der Waals surface area contributed by atoms with Gasteiger partial charge in [0.15, 0.2) is 5.78 Å². The lowest BCUT2D eigenvalue weighted by atomic mass is 10.0. The van der Waals surface area contributed by atoms with Crippen molar-refractivity contribution in [2.75, 3.05) is 10.6 Å². The maximum atomic E-state index is 13.0. The lowest BCUT2D eigenvalue weighted by molar-refractivity contribution is -0.137. The number of halogens is 5. The number of pyridine rings is 1. The van der Waals surface area contributed by atoms with Crippen molar-refractivity contribution < 1.29 is 22.8 Å². The van der Waals surface area contributed by atoms with Crippen molar-refractivity contribution in [2.24, 2.45) is 0 Å². The van der Waals surface area contributed by atoms with E-state index in [9.17, 15) is 22.8 Å². The number of urea groups is 1. The highest BCUT2D eigenvalue weighted by Crippen LogP contribution is 2.34. The molecule has 0 unspecified atom stereocenters. The molecule has 0 atom stereocenters. The lowest BCUT2D eigenvalue weighted by Crippen LogP contribution is -2.20. The Balaban J connectivity index is 1.53. The highest BCUT2D eigenvalue weighted by atomic mass is 35.5. The first kappa shape index (κ1) is 22.6. The van der Waals surface area contributed by atoms with Gasteiger partial charge in [0, 0.05) is 34.6 Å². The normalized spacial score (nSPS) is 11.4. The van der Waals surface area contributed by atoms with E-state index >= 15 is 0 Å². The highest BCUT2D eigenvalue weighted by molar-refractivity contribution is 6.34. The third-order valence-corrected chi connectivity index (χ3v) is 5.20.